The molecule has 1 fully saturated rings. The van der Waals surface area contributed by atoms with E-state index in [4.69, 9.17) is 0 Å². The summed E-state index contributed by atoms with van der Waals surface area (Å²) in [7, 11) is 0. The minimum atomic E-state index is 0.285. The van der Waals surface area contributed by atoms with Crippen LogP contribution in [0.3, 0.4) is 0 Å². The van der Waals surface area contributed by atoms with Gasteiger partial charge in [0.1, 0.15) is 5.78 Å². The van der Waals surface area contributed by atoms with Gasteiger partial charge in [-0.1, -0.05) is 20.8 Å². The number of hydrogen-bond acceptors (Lipinski definition) is 2. The second kappa shape index (κ2) is 4.23. The standard InChI is InChI=1S/C11H21NO/c1-11(2,3)6-4-9-8-12-7-5-10(9)13/h9,12H,4-8H2,1-3H3. The number of piperidine rings is 1. The van der Waals surface area contributed by atoms with Gasteiger partial charge in [0.25, 0.3) is 0 Å². The zero-order valence-corrected chi connectivity index (χ0v) is 9.02. The first kappa shape index (κ1) is 10.7. The summed E-state index contributed by atoms with van der Waals surface area (Å²) in [6.07, 6.45) is 2.93. The average Bonchev–Trinajstić information content (AvgIpc) is 2.01. The summed E-state index contributed by atoms with van der Waals surface area (Å²) in [6.45, 7) is 8.47. The van der Waals surface area contributed by atoms with E-state index in [0.29, 0.717) is 11.2 Å². The predicted octanol–water partition coefficient (Wildman–Crippen LogP) is 1.99. The van der Waals surface area contributed by atoms with E-state index in [1.165, 1.54) is 0 Å². The third kappa shape index (κ3) is 3.90. The van der Waals surface area contributed by atoms with Gasteiger partial charge in [0.05, 0.1) is 0 Å². The number of nitrogens with one attached hydrogen (secondary N) is 1. The van der Waals surface area contributed by atoms with Gasteiger partial charge in [-0.25, -0.2) is 0 Å². The highest BCUT2D eigenvalue weighted by Crippen LogP contribution is 2.24. The zero-order chi connectivity index (χ0) is 9.90. The van der Waals surface area contributed by atoms with Gasteiger partial charge in [-0.05, 0) is 18.3 Å². The second-order valence-electron chi connectivity index (χ2n) is 5.22. The van der Waals surface area contributed by atoms with Gasteiger partial charge in [0, 0.05) is 25.4 Å². The number of carbonyl (C=O) groups is 1. The molecule has 2 nitrogen and oxygen atoms in total. The lowest BCUT2D eigenvalue weighted by Gasteiger charge is -2.25. The minimum Gasteiger partial charge on any atom is -0.316 e. The topological polar surface area (TPSA) is 29.1 Å². The van der Waals surface area contributed by atoms with Gasteiger partial charge >= 0.3 is 0 Å². The molecule has 0 aromatic carbocycles. The van der Waals surface area contributed by atoms with Crippen molar-refractivity contribution in [2.24, 2.45) is 11.3 Å². The fourth-order valence-electron chi connectivity index (χ4n) is 1.68. The molecule has 1 N–H and O–H groups in total. The van der Waals surface area contributed by atoms with E-state index in [-0.39, 0.29) is 5.92 Å². The Morgan fingerprint density at radius 2 is 2.15 bits per heavy atom. The lowest BCUT2D eigenvalue weighted by molar-refractivity contribution is -0.124. The second-order valence-corrected chi connectivity index (χ2v) is 5.22. The third-order valence-corrected chi connectivity index (χ3v) is 2.64. The van der Waals surface area contributed by atoms with Gasteiger partial charge < -0.3 is 5.32 Å². The van der Waals surface area contributed by atoms with E-state index in [9.17, 15) is 4.79 Å². The maximum Gasteiger partial charge on any atom is 0.138 e. The van der Waals surface area contributed by atoms with E-state index in [0.717, 1.165) is 32.4 Å². The summed E-state index contributed by atoms with van der Waals surface area (Å²) in [5.41, 5.74) is 0.359. The molecule has 0 aromatic rings. The molecular weight excluding hydrogens is 162 g/mol. The largest absolute Gasteiger partial charge is 0.316 e. The van der Waals surface area contributed by atoms with Gasteiger partial charge in [-0.15, -0.1) is 0 Å². The van der Waals surface area contributed by atoms with E-state index >= 15 is 0 Å². The first-order valence-corrected chi connectivity index (χ1v) is 5.22. The molecule has 0 aliphatic carbocycles. The van der Waals surface area contributed by atoms with Crippen molar-refractivity contribution in [3.63, 3.8) is 0 Å². The number of Topliss-reactive ketones (excluding diaryl/α,β-unsaturated/α-hetero) is 1. The minimum absolute atomic E-state index is 0.285. The van der Waals surface area contributed by atoms with E-state index < -0.39 is 0 Å². The van der Waals surface area contributed by atoms with E-state index in [1.807, 2.05) is 0 Å². The fraction of sp³-hybridized carbons (Fsp3) is 0.909. The van der Waals surface area contributed by atoms with Crippen LogP contribution in [0.2, 0.25) is 0 Å². The lowest BCUT2D eigenvalue weighted by atomic mass is 9.84. The van der Waals surface area contributed by atoms with Gasteiger partial charge in [-0.2, -0.15) is 0 Å². The molecule has 0 spiro atoms. The summed E-state index contributed by atoms with van der Waals surface area (Å²) in [5, 5.41) is 3.28. The van der Waals surface area contributed by atoms with Crippen LogP contribution in [0.5, 0.6) is 0 Å². The number of carbonyl (C=O) groups excluding carboxylic acids is 1. The van der Waals surface area contributed by atoms with Gasteiger partial charge in [0.15, 0.2) is 0 Å². The average molecular weight is 183 g/mol. The highest BCUT2D eigenvalue weighted by molar-refractivity contribution is 5.82. The normalized spacial score (nSPS) is 24.8. The lowest BCUT2D eigenvalue weighted by Crippen LogP contribution is -2.37. The Hall–Kier alpha value is -0.370. The molecule has 1 heterocycles. The van der Waals surface area contributed by atoms with Crippen LogP contribution in [-0.2, 0) is 4.79 Å². The van der Waals surface area contributed by atoms with Crippen molar-refractivity contribution in [2.75, 3.05) is 13.1 Å². The van der Waals surface area contributed by atoms with Crippen LogP contribution in [-0.4, -0.2) is 18.9 Å². The summed E-state index contributed by atoms with van der Waals surface area (Å²) < 4.78 is 0. The molecular formula is C11H21NO. The predicted molar refractivity (Wildman–Crippen MR) is 54.7 cm³/mol. The summed E-state index contributed by atoms with van der Waals surface area (Å²) >= 11 is 0. The fourth-order valence-corrected chi connectivity index (χ4v) is 1.68. The Balaban J connectivity index is 2.31. The van der Waals surface area contributed by atoms with Crippen LogP contribution >= 0.6 is 0 Å². The third-order valence-electron chi connectivity index (χ3n) is 2.64. The Morgan fingerprint density at radius 1 is 1.46 bits per heavy atom. The molecule has 1 unspecified atom stereocenters. The van der Waals surface area contributed by atoms with Crippen molar-refractivity contribution in [1.82, 2.24) is 5.32 Å². The molecule has 1 atom stereocenters. The maximum atomic E-state index is 11.5. The molecule has 2 heteroatoms. The van der Waals surface area contributed by atoms with Crippen molar-refractivity contribution in [3.8, 4) is 0 Å². The van der Waals surface area contributed by atoms with Crippen LogP contribution in [0.15, 0.2) is 0 Å². The molecule has 13 heavy (non-hydrogen) atoms. The first-order chi connectivity index (χ1) is 5.99. The smallest absolute Gasteiger partial charge is 0.138 e. The van der Waals surface area contributed by atoms with Crippen molar-refractivity contribution >= 4 is 5.78 Å². The van der Waals surface area contributed by atoms with E-state index in [1.54, 1.807) is 0 Å². The quantitative estimate of drug-likeness (QED) is 0.709. The number of hydrogen-bond donors (Lipinski definition) is 1. The number of ketones is 1. The molecule has 0 saturated carbocycles. The first-order valence-electron chi connectivity index (χ1n) is 5.22. The van der Waals surface area contributed by atoms with Crippen LogP contribution < -0.4 is 5.32 Å². The monoisotopic (exact) mass is 183 g/mol. The summed E-state index contributed by atoms with van der Waals surface area (Å²) in [6, 6.07) is 0. The summed E-state index contributed by atoms with van der Waals surface area (Å²) in [4.78, 5) is 11.5. The van der Waals surface area contributed by atoms with Crippen LogP contribution in [0.25, 0.3) is 0 Å². The molecule has 0 amide bonds. The molecule has 0 radical (unpaired) electrons. The SMILES string of the molecule is CC(C)(C)CCC1CNCCC1=O. The Morgan fingerprint density at radius 3 is 2.69 bits per heavy atom. The van der Waals surface area contributed by atoms with Crippen LogP contribution in [0.4, 0.5) is 0 Å². The van der Waals surface area contributed by atoms with Crippen LogP contribution in [0.1, 0.15) is 40.0 Å². The van der Waals surface area contributed by atoms with Gasteiger partial charge in [0.2, 0.25) is 0 Å². The molecule has 1 saturated heterocycles. The number of rotatable bonds is 2. The molecule has 76 valence electrons. The molecule has 1 rings (SSSR count). The van der Waals surface area contributed by atoms with Gasteiger partial charge in [-0.3, -0.25) is 4.79 Å². The molecule has 0 aromatic heterocycles. The molecule has 1 aliphatic rings. The Bertz CT molecular complexity index is 181. The zero-order valence-electron chi connectivity index (χ0n) is 9.02. The highest BCUT2D eigenvalue weighted by Gasteiger charge is 2.23. The van der Waals surface area contributed by atoms with Crippen molar-refractivity contribution in [2.45, 2.75) is 40.0 Å². The highest BCUT2D eigenvalue weighted by atomic mass is 16.1. The molecule has 1 aliphatic heterocycles. The van der Waals surface area contributed by atoms with Crippen LogP contribution in [0, 0.1) is 11.3 Å². The maximum absolute atomic E-state index is 11.5. The van der Waals surface area contributed by atoms with Crippen molar-refractivity contribution in [1.29, 1.82) is 0 Å². The van der Waals surface area contributed by atoms with Crippen molar-refractivity contribution in [3.05, 3.63) is 0 Å². The Labute approximate surface area is 81.1 Å². The Kier molecular flexibility index (Phi) is 3.48. The van der Waals surface area contributed by atoms with Crippen molar-refractivity contribution < 1.29 is 4.79 Å². The van der Waals surface area contributed by atoms with E-state index in [2.05, 4.69) is 26.1 Å². The summed E-state index contributed by atoms with van der Waals surface area (Å²) in [5.74, 6) is 0.746. The molecule has 0 bridgehead atoms.